The molecule has 88 valence electrons. The second-order valence-electron chi connectivity index (χ2n) is 3.56. The summed E-state index contributed by atoms with van der Waals surface area (Å²) < 4.78 is 5.02. The Hall–Kier alpha value is -1.58. The van der Waals surface area contributed by atoms with Crippen LogP contribution in [0.4, 0.5) is 0 Å². The highest BCUT2D eigenvalue weighted by molar-refractivity contribution is 5.75. The van der Waals surface area contributed by atoms with E-state index in [1.807, 2.05) is 19.1 Å². The van der Waals surface area contributed by atoms with Gasteiger partial charge in [-0.05, 0) is 24.5 Å². The van der Waals surface area contributed by atoms with E-state index in [9.17, 15) is 4.79 Å². The van der Waals surface area contributed by atoms with E-state index >= 15 is 0 Å². The van der Waals surface area contributed by atoms with Crippen molar-refractivity contribution in [2.24, 2.45) is 0 Å². The van der Waals surface area contributed by atoms with Crippen molar-refractivity contribution < 1.29 is 9.53 Å². The van der Waals surface area contributed by atoms with E-state index in [1.165, 1.54) is 0 Å². The fourth-order valence-corrected chi connectivity index (χ4v) is 1.38. The van der Waals surface area contributed by atoms with Gasteiger partial charge in [0.1, 0.15) is 0 Å². The lowest BCUT2D eigenvalue weighted by molar-refractivity contribution is -0.121. The molecule has 0 aliphatic heterocycles. The first-order chi connectivity index (χ1) is 7.76. The van der Waals surface area contributed by atoms with Crippen LogP contribution in [0.1, 0.15) is 25.3 Å². The molecule has 1 amide bonds. The van der Waals surface area contributed by atoms with Gasteiger partial charge in [0, 0.05) is 25.2 Å². The highest BCUT2D eigenvalue weighted by Crippen LogP contribution is 2.08. The number of pyridine rings is 1. The minimum Gasteiger partial charge on any atom is -0.481 e. The third-order valence-electron chi connectivity index (χ3n) is 2.22. The fourth-order valence-electron chi connectivity index (χ4n) is 1.38. The Morgan fingerprint density at radius 2 is 2.38 bits per heavy atom. The summed E-state index contributed by atoms with van der Waals surface area (Å²) in [6, 6.07) is 3.81. The lowest BCUT2D eigenvalue weighted by Gasteiger charge is -2.05. The number of aromatic nitrogens is 1. The quantitative estimate of drug-likeness (QED) is 0.794. The normalized spacial score (nSPS) is 9.88. The van der Waals surface area contributed by atoms with Gasteiger partial charge in [0.05, 0.1) is 7.11 Å². The minimum atomic E-state index is 0.114. The first kappa shape index (κ1) is 12.5. The Morgan fingerprint density at radius 1 is 1.56 bits per heavy atom. The Kier molecular flexibility index (Phi) is 5.32. The maximum atomic E-state index is 11.2. The molecule has 1 N–H and O–H groups in total. The molecule has 16 heavy (non-hydrogen) atoms. The number of hydrogen-bond acceptors (Lipinski definition) is 3. The van der Waals surface area contributed by atoms with Crippen molar-refractivity contribution in [3.63, 3.8) is 0 Å². The third-order valence-corrected chi connectivity index (χ3v) is 2.22. The zero-order chi connectivity index (χ0) is 11.8. The molecule has 0 aliphatic rings. The SMILES string of the molecule is CCCC(=O)NCCc1ccnc(OC)c1. The van der Waals surface area contributed by atoms with E-state index in [4.69, 9.17) is 4.74 Å². The first-order valence-electron chi connectivity index (χ1n) is 5.52. The van der Waals surface area contributed by atoms with E-state index in [-0.39, 0.29) is 5.91 Å². The lowest BCUT2D eigenvalue weighted by Crippen LogP contribution is -2.25. The summed E-state index contributed by atoms with van der Waals surface area (Å²) in [6.45, 7) is 2.65. The van der Waals surface area contributed by atoms with Crippen LogP contribution in [-0.2, 0) is 11.2 Å². The smallest absolute Gasteiger partial charge is 0.219 e. The molecule has 4 heteroatoms. The molecule has 0 aliphatic carbocycles. The number of methoxy groups -OCH3 is 1. The van der Waals surface area contributed by atoms with Crippen LogP contribution in [0.25, 0.3) is 0 Å². The second kappa shape index (κ2) is 6.82. The van der Waals surface area contributed by atoms with Gasteiger partial charge in [-0.15, -0.1) is 0 Å². The first-order valence-corrected chi connectivity index (χ1v) is 5.52. The fraction of sp³-hybridized carbons (Fsp3) is 0.500. The van der Waals surface area contributed by atoms with Gasteiger partial charge in [0.15, 0.2) is 0 Å². The number of nitrogens with one attached hydrogen (secondary N) is 1. The summed E-state index contributed by atoms with van der Waals surface area (Å²) in [5, 5.41) is 2.87. The molecule has 0 spiro atoms. The molecule has 0 saturated carbocycles. The van der Waals surface area contributed by atoms with Gasteiger partial charge in [-0.2, -0.15) is 0 Å². The summed E-state index contributed by atoms with van der Waals surface area (Å²) in [6.07, 6.45) is 3.99. The maximum absolute atomic E-state index is 11.2. The van der Waals surface area contributed by atoms with Crippen LogP contribution >= 0.6 is 0 Å². The van der Waals surface area contributed by atoms with Crippen LogP contribution < -0.4 is 10.1 Å². The van der Waals surface area contributed by atoms with Gasteiger partial charge in [-0.1, -0.05) is 6.92 Å². The summed E-state index contributed by atoms with van der Waals surface area (Å²) in [5.41, 5.74) is 1.11. The lowest BCUT2D eigenvalue weighted by atomic mass is 10.2. The number of carbonyl (C=O) groups is 1. The molecule has 1 heterocycles. The van der Waals surface area contributed by atoms with Crippen LogP contribution in [-0.4, -0.2) is 24.5 Å². The number of nitrogens with zero attached hydrogens (tertiary/aromatic N) is 1. The highest BCUT2D eigenvalue weighted by atomic mass is 16.5. The van der Waals surface area contributed by atoms with Gasteiger partial charge in [0.2, 0.25) is 11.8 Å². The van der Waals surface area contributed by atoms with E-state index in [0.29, 0.717) is 18.8 Å². The zero-order valence-electron chi connectivity index (χ0n) is 9.82. The number of carbonyl (C=O) groups excluding carboxylic acids is 1. The van der Waals surface area contributed by atoms with Gasteiger partial charge >= 0.3 is 0 Å². The minimum absolute atomic E-state index is 0.114. The topological polar surface area (TPSA) is 51.2 Å². The monoisotopic (exact) mass is 222 g/mol. The predicted molar refractivity (Wildman–Crippen MR) is 62.4 cm³/mol. The van der Waals surface area contributed by atoms with Gasteiger partial charge in [-0.3, -0.25) is 4.79 Å². The van der Waals surface area contributed by atoms with Crippen molar-refractivity contribution in [1.29, 1.82) is 0 Å². The summed E-state index contributed by atoms with van der Waals surface area (Å²) in [7, 11) is 1.59. The van der Waals surface area contributed by atoms with Crippen molar-refractivity contribution in [1.82, 2.24) is 10.3 Å². The molecule has 0 bridgehead atoms. The average Bonchev–Trinajstić information content (AvgIpc) is 2.30. The third kappa shape index (κ3) is 4.29. The molecule has 0 saturated heterocycles. The molecule has 0 fully saturated rings. The molecule has 0 atom stereocenters. The zero-order valence-corrected chi connectivity index (χ0v) is 9.82. The van der Waals surface area contributed by atoms with Gasteiger partial charge in [0.25, 0.3) is 0 Å². The average molecular weight is 222 g/mol. The second-order valence-corrected chi connectivity index (χ2v) is 3.56. The molecule has 1 aromatic rings. The Balaban J connectivity index is 2.34. The Labute approximate surface area is 96.0 Å². The van der Waals surface area contributed by atoms with Crippen molar-refractivity contribution >= 4 is 5.91 Å². The molecular weight excluding hydrogens is 204 g/mol. The van der Waals surface area contributed by atoms with Crippen LogP contribution in [0, 0.1) is 0 Å². The van der Waals surface area contributed by atoms with Crippen LogP contribution in [0.3, 0.4) is 0 Å². The number of amides is 1. The van der Waals surface area contributed by atoms with E-state index < -0.39 is 0 Å². The van der Waals surface area contributed by atoms with Crippen molar-refractivity contribution in [3.05, 3.63) is 23.9 Å². The van der Waals surface area contributed by atoms with Crippen molar-refractivity contribution in [2.75, 3.05) is 13.7 Å². The summed E-state index contributed by atoms with van der Waals surface area (Å²) in [5.74, 6) is 0.723. The van der Waals surface area contributed by atoms with Crippen molar-refractivity contribution in [3.8, 4) is 5.88 Å². The van der Waals surface area contributed by atoms with Crippen LogP contribution in [0.2, 0.25) is 0 Å². The van der Waals surface area contributed by atoms with Crippen LogP contribution in [0.5, 0.6) is 5.88 Å². The molecule has 1 aromatic heterocycles. The summed E-state index contributed by atoms with van der Waals surface area (Å²) >= 11 is 0. The summed E-state index contributed by atoms with van der Waals surface area (Å²) in [4.78, 5) is 15.2. The molecule has 1 rings (SSSR count). The van der Waals surface area contributed by atoms with Gasteiger partial charge in [-0.25, -0.2) is 4.98 Å². The Morgan fingerprint density at radius 3 is 3.06 bits per heavy atom. The number of rotatable bonds is 6. The molecular formula is C12H18N2O2. The molecule has 0 aromatic carbocycles. The maximum Gasteiger partial charge on any atom is 0.219 e. The van der Waals surface area contributed by atoms with E-state index in [0.717, 1.165) is 18.4 Å². The van der Waals surface area contributed by atoms with Crippen LogP contribution in [0.15, 0.2) is 18.3 Å². The molecule has 0 radical (unpaired) electrons. The van der Waals surface area contributed by atoms with Crippen molar-refractivity contribution in [2.45, 2.75) is 26.2 Å². The highest BCUT2D eigenvalue weighted by Gasteiger charge is 2.00. The number of hydrogen-bond donors (Lipinski definition) is 1. The molecule has 0 unspecified atom stereocenters. The largest absolute Gasteiger partial charge is 0.481 e. The Bertz CT molecular complexity index is 340. The standard InChI is InChI=1S/C12H18N2O2/c1-3-4-11(15)13-7-5-10-6-8-14-12(9-10)16-2/h6,8-9H,3-5,7H2,1-2H3,(H,13,15). The number of ether oxygens (including phenoxy) is 1. The van der Waals surface area contributed by atoms with E-state index in [1.54, 1.807) is 13.3 Å². The predicted octanol–water partition coefficient (Wildman–Crippen LogP) is 1.55. The molecule has 4 nitrogen and oxygen atoms in total. The van der Waals surface area contributed by atoms with Gasteiger partial charge < -0.3 is 10.1 Å². The van der Waals surface area contributed by atoms with E-state index in [2.05, 4.69) is 10.3 Å².